The van der Waals surface area contributed by atoms with Crippen molar-refractivity contribution in [2.45, 2.75) is 32.0 Å². The fourth-order valence-electron chi connectivity index (χ4n) is 1.81. The number of piperidine rings is 1. The van der Waals surface area contributed by atoms with Crippen LogP contribution in [0.2, 0.25) is 0 Å². The van der Waals surface area contributed by atoms with Crippen LogP contribution < -0.4 is 5.32 Å². The molecule has 7 heteroatoms. The zero-order valence-corrected chi connectivity index (χ0v) is 9.96. The Balaban J connectivity index is 2.42. The van der Waals surface area contributed by atoms with Crippen molar-refractivity contribution in [2.75, 3.05) is 13.1 Å². The van der Waals surface area contributed by atoms with E-state index in [0.717, 1.165) is 4.90 Å². The number of hydrogen-bond donors (Lipinski definition) is 1. The number of halogens is 3. The normalized spacial score (nSPS) is 18.1. The van der Waals surface area contributed by atoms with Crippen molar-refractivity contribution in [3.8, 4) is 0 Å². The van der Waals surface area contributed by atoms with Gasteiger partial charge in [0.2, 0.25) is 5.91 Å². The standard InChI is InChI=1S/C11H15F3N2O2/c1-2-3-9(17)15-8-4-6-16(7-5-8)10(18)11(12,13)14/h2-3,8H,4-7H2,1H3,(H,15,17)/b3-2+. The molecule has 1 aliphatic rings. The highest BCUT2D eigenvalue weighted by atomic mass is 19.4. The average molecular weight is 264 g/mol. The molecule has 18 heavy (non-hydrogen) atoms. The van der Waals surface area contributed by atoms with Gasteiger partial charge in [0.05, 0.1) is 0 Å². The second-order valence-electron chi connectivity index (χ2n) is 4.07. The predicted molar refractivity (Wildman–Crippen MR) is 58.6 cm³/mol. The van der Waals surface area contributed by atoms with Gasteiger partial charge in [-0.25, -0.2) is 0 Å². The zero-order chi connectivity index (χ0) is 13.8. The number of nitrogens with one attached hydrogen (secondary N) is 1. The lowest BCUT2D eigenvalue weighted by molar-refractivity contribution is -0.186. The highest BCUT2D eigenvalue weighted by Crippen LogP contribution is 2.21. The van der Waals surface area contributed by atoms with E-state index in [-0.39, 0.29) is 25.0 Å². The Morgan fingerprint density at radius 2 is 1.83 bits per heavy atom. The van der Waals surface area contributed by atoms with Crippen LogP contribution in [0.3, 0.4) is 0 Å². The quantitative estimate of drug-likeness (QED) is 0.763. The van der Waals surface area contributed by atoms with Crippen molar-refractivity contribution in [3.63, 3.8) is 0 Å². The van der Waals surface area contributed by atoms with Crippen molar-refractivity contribution >= 4 is 11.8 Å². The molecule has 0 radical (unpaired) electrons. The molecule has 0 aliphatic carbocycles. The van der Waals surface area contributed by atoms with Gasteiger partial charge >= 0.3 is 12.1 Å². The Bertz CT molecular complexity index is 345. The van der Waals surface area contributed by atoms with Crippen LogP contribution in [-0.2, 0) is 9.59 Å². The summed E-state index contributed by atoms with van der Waals surface area (Å²) in [5.74, 6) is -2.07. The molecular weight excluding hydrogens is 249 g/mol. The molecule has 0 aromatic heterocycles. The van der Waals surface area contributed by atoms with E-state index in [1.807, 2.05) is 0 Å². The van der Waals surface area contributed by atoms with E-state index in [2.05, 4.69) is 5.32 Å². The van der Waals surface area contributed by atoms with Gasteiger partial charge in [0.1, 0.15) is 0 Å². The summed E-state index contributed by atoms with van der Waals surface area (Å²) in [7, 11) is 0. The lowest BCUT2D eigenvalue weighted by atomic mass is 10.0. The summed E-state index contributed by atoms with van der Waals surface area (Å²) in [6.07, 6.45) is -1.21. The van der Waals surface area contributed by atoms with Crippen LogP contribution in [0.1, 0.15) is 19.8 Å². The van der Waals surface area contributed by atoms with Crippen molar-refractivity contribution in [2.24, 2.45) is 0 Å². The number of carbonyl (C=O) groups excluding carboxylic acids is 2. The fourth-order valence-corrected chi connectivity index (χ4v) is 1.81. The molecule has 0 spiro atoms. The minimum absolute atomic E-state index is 0.0130. The topological polar surface area (TPSA) is 49.4 Å². The SMILES string of the molecule is C/C=C/C(=O)NC1CCN(C(=O)C(F)(F)F)CC1. The highest BCUT2D eigenvalue weighted by molar-refractivity contribution is 5.87. The fraction of sp³-hybridized carbons (Fsp3) is 0.636. The summed E-state index contributed by atoms with van der Waals surface area (Å²) in [5, 5.41) is 2.67. The van der Waals surface area contributed by atoms with Crippen LogP contribution in [0, 0.1) is 0 Å². The minimum atomic E-state index is -4.82. The Morgan fingerprint density at radius 1 is 1.28 bits per heavy atom. The lowest BCUT2D eigenvalue weighted by Crippen LogP contribution is -2.49. The molecule has 0 bridgehead atoms. The van der Waals surface area contributed by atoms with Crippen LogP contribution in [0.15, 0.2) is 12.2 Å². The first-order chi connectivity index (χ1) is 8.34. The van der Waals surface area contributed by atoms with Crippen molar-refractivity contribution in [1.82, 2.24) is 10.2 Å². The summed E-state index contributed by atoms with van der Waals surface area (Å²) in [6.45, 7) is 1.72. The van der Waals surface area contributed by atoms with Crippen molar-refractivity contribution in [1.29, 1.82) is 0 Å². The number of allylic oxidation sites excluding steroid dienone is 1. The number of nitrogens with zero attached hydrogens (tertiary/aromatic N) is 1. The summed E-state index contributed by atoms with van der Waals surface area (Å²) in [6, 6.07) is -0.175. The number of amides is 2. The molecule has 1 rings (SSSR count). The van der Waals surface area contributed by atoms with Gasteiger partial charge in [0, 0.05) is 19.1 Å². The maximum atomic E-state index is 12.2. The summed E-state index contributed by atoms with van der Waals surface area (Å²) < 4.78 is 36.5. The Kier molecular flexibility index (Phi) is 4.75. The first kappa shape index (κ1) is 14.5. The van der Waals surface area contributed by atoms with Crippen molar-refractivity contribution in [3.05, 3.63) is 12.2 Å². The van der Waals surface area contributed by atoms with E-state index in [9.17, 15) is 22.8 Å². The third-order valence-electron chi connectivity index (χ3n) is 2.69. The molecule has 0 aromatic carbocycles. The molecule has 0 unspecified atom stereocenters. The van der Waals surface area contributed by atoms with Gasteiger partial charge < -0.3 is 10.2 Å². The molecule has 0 aromatic rings. The number of alkyl halides is 3. The summed E-state index contributed by atoms with van der Waals surface area (Å²) in [4.78, 5) is 23.0. The molecule has 1 heterocycles. The van der Waals surface area contributed by atoms with E-state index >= 15 is 0 Å². The van der Waals surface area contributed by atoms with Crippen LogP contribution in [0.25, 0.3) is 0 Å². The van der Waals surface area contributed by atoms with E-state index < -0.39 is 12.1 Å². The molecule has 1 aliphatic heterocycles. The predicted octanol–water partition coefficient (Wildman–Crippen LogP) is 1.23. The third kappa shape index (κ3) is 4.05. The van der Waals surface area contributed by atoms with Gasteiger partial charge in [-0.2, -0.15) is 13.2 Å². The van der Waals surface area contributed by atoms with Crippen LogP contribution in [0.4, 0.5) is 13.2 Å². The second-order valence-corrected chi connectivity index (χ2v) is 4.07. The average Bonchev–Trinajstić information content (AvgIpc) is 2.28. The summed E-state index contributed by atoms with van der Waals surface area (Å²) in [5.41, 5.74) is 0. The number of hydrogen-bond acceptors (Lipinski definition) is 2. The number of carbonyl (C=O) groups is 2. The Labute approximate surface area is 103 Å². The molecule has 1 N–H and O–H groups in total. The lowest BCUT2D eigenvalue weighted by Gasteiger charge is -2.32. The van der Waals surface area contributed by atoms with Crippen LogP contribution in [-0.4, -0.2) is 42.0 Å². The van der Waals surface area contributed by atoms with Gasteiger partial charge in [0.25, 0.3) is 0 Å². The molecule has 102 valence electrons. The van der Waals surface area contributed by atoms with Gasteiger partial charge in [-0.15, -0.1) is 0 Å². The zero-order valence-electron chi connectivity index (χ0n) is 9.96. The van der Waals surface area contributed by atoms with Gasteiger partial charge in [-0.1, -0.05) is 6.08 Å². The third-order valence-corrected chi connectivity index (χ3v) is 2.69. The summed E-state index contributed by atoms with van der Waals surface area (Å²) >= 11 is 0. The monoisotopic (exact) mass is 264 g/mol. The molecule has 1 saturated heterocycles. The molecule has 0 atom stereocenters. The maximum absolute atomic E-state index is 12.2. The molecule has 0 saturated carbocycles. The second kappa shape index (κ2) is 5.88. The van der Waals surface area contributed by atoms with E-state index in [4.69, 9.17) is 0 Å². The largest absolute Gasteiger partial charge is 0.471 e. The molecular formula is C11H15F3N2O2. The van der Waals surface area contributed by atoms with E-state index in [1.54, 1.807) is 13.0 Å². The van der Waals surface area contributed by atoms with Crippen molar-refractivity contribution < 1.29 is 22.8 Å². The first-order valence-corrected chi connectivity index (χ1v) is 5.64. The number of likely N-dealkylation sites (tertiary alicyclic amines) is 1. The highest BCUT2D eigenvalue weighted by Gasteiger charge is 2.43. The smallest absolute Gasteiger partial charge is 0.350 e. The molecule has 2 amide bonds. The molecule has 4 nitrogen and oxygen atoms in total. The minimum Gasteiger partial charge on any atom is -0.350 e. The van der Waals surface area contributed by atoms with E-state index in [0.29, 0.717) is 12.8 Å². The first-order valence-electron chi connectivity index (χ1n) is 5.64. The maximum Gasteiger partial charge on any atom is 0.471 e. The number of rotatable bonds is 2. The Morgan fingerprint density at radius 3 is 2.28 bits per heavy atom. The van der Waals surface area contributed by atoms with E-state index in [1.165, 1.54) is 6.08 Å². The molecule has 1 fully saturated rings. The van der Waals surface area contributed by atoms with Gasteiger partial charge in [0.15, 0.2) is 0 Å². The van der Waals surface area contributed by atoms with Crippen LogP contribution in [0.5, 0.6) is 0 Å². The van der Waals surface area contributed by atoms with Gasteiger partial charge in [-0.05, 0) is 25.8 Å². The van der Waals surface area contributed by atoms with Gasteiger partial charge in [-0.3, -0.25) is 9.59 Å². The Hall–Kier alpha value is -1.53. The van der Waals surface area contributed by atoms with Crippen LogP contribution >= 0.6 is 0 Å².